The number of H-pyrrole nitrogens is 1. The first kappa shape index (κ1) is 14.4. The highest BCUT2D eigenvalue weighted by Gasteiger charge is 2.39. The number of halogens is 3. The van der Waals surface area contributed by atoms with Crippen LogP contribution in [-0.2, 0) is 19.3 Å². The molecule has 1 aliphatic rings. The molecule has 0 spiro atoms. The Morgan fingerprint density at radius 2 is 2.14 bits per heavy atom. The fourth-order valence-corrected chi connectivity index (χ4v) is 2.53. The number of anilines is 1. The summed E-state index contributed by atoms with van der Waals surface area (Å²) in [6.45, 7) is 0.392. The van der Waals surface area contributed by atoms with Crippen molar-refractivity contribution in [1.82, 2.24) is 15.2 Å². The molecule has 1 N–H and O–H groups in total. The molecular weight excluding hydrogens is 301 g/mol. The zero-order chi connectivity index (χ0) is 15.9. The van der Waals surface area contributed by atoms with E-state index in [1.54, 1.807) is 6.07 Å². The van der Waals surface area contributed by atoms with Gasteiger partial charge in [-0.3, -0.25) is 4.79 Å². The van der Waals surface area contributed by atoms with Gasteiger partial charge in [0.15, 0.2) is 0 Å². The van der Waals surface area contributed by atoms with Crippen LogP contribution >= 0.6 is 0 Å². The summed E-state index contributed by atoms with van der Waals surface area (Å²) in [4.78, 5) is 17.0. The molecule has 0 saturated carbocycles. The average molecular weight is 312 g/mol. The van der Waals surface area contributed by atoms with Gasteiger partial charge in [0, 0.05) is 24.8 Å². The fourth-order valence-electron chi connectivity index (χ4n) is 2.53. The minimum Gasteiger partial charge on any atom is -0.481 e. The summed E-state index contributed by atoms with van der Waals surface area (Å²) < 4.78 is 44.5. The van der Waals surface area contributed by atoms with Gasteiger partial charge in [0.05, 0.1) is 19.0 Å². The van der Waals surface area contributed by atoms with Gasteiger partial charge in [-0.25, -0.2) is 10.1 Å². The number of nitrogens with zero attached hydrogens (tertiary/aromatic N) is 3. The number of aromatic nitrogens is 3. The first-order valence-electron chi connectivity index (χ1n) is 6.32. The summed E-state index contributed by atoms with van der Waals surface area (Å²) in [7, 11) is 1.45. The second-order valence-electron chi connectivity index (χ2n) is 4.77. The van der Waals surface area contributed by atoms with E-state index in [4.69, 9.17) is 4.74 Å². The molecule has 0 atom stereocenters. The van der Waals surface area contributed by atoms with Gasteiger partial charge in [-0.05, 0) is 11.6 Å². The zero-order valence-electron chi connectivity index (χ0n) is 11.4. The predicted octanol–water partition coefficient (Wildman–Crippen LogP) is 1.71. The van der Waals surface area contributed by atoms with Crippen molar-refractivity contribution >= 4 is 5.69 Å². The Hall–Kier alpha value is -2.58. The van der Waals surface area contributed by atoms with E-state index in [1.165, 1.54) is 18.2 Å². The summed E-state index contributed by atoms with van der Waals surface area (Å²) in [5, 5.41) is 5.31. The molecule has 0 saturated heterocycles. The Bertz CT molecular complexity index is 773. The van der Waals surface area contributed by atoms with E-state index in [0.29, 0.717) is 11.4 Å². The van der Waals surface area contributed by atoms with Crippen LogP contribution in [0.5, 0.6) is 5.88 Å². The molecule has 3 rings (SSSR count). The van der Waals surface area contributed by atoms with Gasteiger partial charge in [0.25, 0.3) is 5.56 Å². The van der Waals surface area contributed by atoms with E-state index in [1.807, 2.05) is 5.10 Å². The largest absolute Gasteiger partial charge is 0.481 e. The SMILES string of the molecule is COc1nccc2c1CN(c1cn[nH]c(=O)c1C(F)(F)F)C2. The van der Waals surface area contributed by atoms with Crippen LogP contribution in [0.25, 0.3) is 0 Å². The molecule has 0 unspecified atom stereocenters. The standard InChI is InChI=1S/C13H11F3N4O2/c1-22-12-8-6-20(5-7(8)2-3-17-12)9-4-18-19-11(21)10(9)13(14,15)16/h2-4H,5-6H2,1H3,(H,19,21). The van der Waals surface area contributed by atoms with Crippen LogP contribution in [0.1, 0.15) is 16.7 Å². The third kappa shape index (κ3) is 2.28. The fraction of sp³-hybridized carbons (Fsp3) is 0.308. The molecular formula is C13H11F3N4O2. The van der Waals surface area contributed by atoms with Crippen molar-refractivity contribution in [2.45, 2.75) is 19.3 Å². The van der Waals surface area contributed by atoms with Crippen LogP contribution in [-0.4, -0.2) is 22.3 Å². The molecule has 9 heteroatoms. The summed E-state index contributed by atoms with van der Waals surface area (Å²) >= 11 is 0. The van der Waals surface area contributed by atoms with Crippen LogP contribution < -0.4 is 15.2 Å². The smallest absolute Gasteiger partial charge is 0.423 e. The molecule has 0 amide bonds. The van der Waals surface area contributed by atoms with Crippen LogP contribution in [0.4, 0.5) is 18.9 Å². The van der Waals surface area contributed by atoms with Crippen molar-refractivity contribution in [1.29, 1.82) is 0 Å². The number of rotatable bonds is 2. The van der Waals surface area contributed by atoms with E-state index in [2.05, 4.69) is 10.1 Å². The monoisotopic (exact) mass is 312 g/mol. The van der Waals surface area contributed by atoms with Crippen molar-refractivity contribution in [3.05, 3.63) is 45.5 Å². The zero-order valence-corrected chi connectivity index (χ0v) is 11.4. The topological polar surface area (TPSA) is 71.1 Å². The lowest BCUT2D eigenvalue weighted by Gasteiger charge is -2.21. The molecule has 2 aromatic rings. The van der Waals surface area contributed by atoms with Crippen LogP contribution in [0.2, 0.25) is 0 Å². The first-order chi connectivity index (χ1) is 10.4. The lowest BCUT2D eigenvalue weighted by Crippen LogP contribution is -2.28. The molecule has 6 nitrogen and oxygen atoms in total. The maximum Gasteiger partial charge on any atom is 0.423 e. The van der Waals surface area contributed by atoms with Gasteiger partial charge in [-0.1, -0.05) is 0 Å². The van der Waals surface area contributed by atoms with Crippen molar-refractivity contribution in [3.8, 4) is 5.88 Å². The minimum absolute atomic E-state index is 0.167. The van der Waals surface area contributed by atoms with E-state index in [0.717, 1.165) is 11.8 Å². The highest BCUT2D eigenvalue weighted by molar-refractivity contribution is 5.57. The highest BCUT2D eigenvalue weighted by atomic mass is 19.4. The molecule has 0 fully saturated rings. The molecule has 0 bridgehead atoms. The number of ether oxygens (including phenoxy) is 1. The maximum atomic E-state index is 13.1. The third-order valence-corrected chi connectivity index (χ3v) is 3.48. The average Bonchev–Trinajstić information content (AvgIpc) is 2.89. The number of alkyl halides is 3. The van der Waals surface area contributed by atoms with Gasteiger partial charge in [0.2, 0.25) is 5.88 Å². The van der Waals surface area contributed by atoms with Gasteiger partial charge in [0.1, 0.15) is 5.56 Å². The van der Waals surface area contributed by atoms with Crippen LogP contribution in [0, 0.1) is 0 Å². The number of methoxy groups -OCH3 is 1. The summed E-state index contributed by atoms with van der Waals surface area (Å²) in [6, 6.07) is 1.71. The lowest BCUT2D eigenvalue weighted by atomic mass is 10.2. The van der Waals surface area contributed by atoms with Gasteiger partial charge >= 0.3 is 6.18 Å². The second-order valence-corrected chi connectivity index (χ2v) is 4.77. The molecule has 22 heavy (non-hydrogen) atoms. The van der Waals surface area contributed by atoms with Crippen LogP contribution in [0.15, 0.2) is 23.3 Å². The Morgan fingerprint density at radius 1 is 1.36 bits per heavy atom. The Balaban J connectivity index is 2.06. The molecule has 2 aromatic heterocycles. The summed E-state index contributed by atoms with van der Waals surface area (Å²) in [5.41, 5.74) is -1.25. The second kappa shape index (κ2) is 5.00. The summed E-state index contributed by atoms with van der Waals surface area (Å²) in [6.07, 6.45) is -2.22. The molecule has 0 aliphatic carbocycles. The van der Waals surface area contributed by atoms with Gasteiger partial charge in [-0.2, -0.15) is 18.3 Å². The van der Waals surface area contributed by atoms with Crippen molar-refractivity contribution in [3.63, 3.8) is 0 Å². The number of hydrogen-bond acceptors (Lipinski definition) is 5. The molecule has 3 heterocycles. The number of aromatic amines is 1. The molecule has 1 aliphatic heterocycles. The van der Waals surface area contributed by atoms with Crippen molar-refractivity contribution in [2.75, 3.05) is 12.0 Å². The Morgan fingerprint density at radius 3 is 2.82 bits per heavy atom. The van der Waals surface area contributed by atoms with E-state index < -0.39 is 17.3 Å². The lowest BCUT2D eigenvalue weighted by molar-refractivity contribution is -0.138. The van der Waals surface area contributed by atoms with Crippen LogP contribution in [0.3, 0.4) is 0 Å². The highest BCUT2D eigenvalue weighted by Crippen LogP contribution is 2.38. The number of nitrogens with one attached hydrogen (secondary N) is 1. The Kier molecular flexibility index (Phi) is 3.27. The molecule has 0 radical (unpaired) electrons. The predicted molar refractivity (Wildman–Crippen MR) is 70.5 cm³/mol. The number of pyridine rings is 1. The van der Waals surface area contributed by atoms with Crippen molar-refractivity contribution < 1.29 is 17.9 Å². The Labute approximate surface area is 122 Å². The van der Waals surface area contributed by atoms with E-state index in [-0.39, 0.29) is 18.8 Å². The maximum absolute atomic E-state index is 13.1. The van der Waals surface area contributed by atoms with Crippen molar-refractivity contribution in [2.24, 2.45) is 0 Å². The van der Waals surface area contributed by atoms with E-state index in [9.17, 15) is 18.0 Å². The minimum atomic E-state index is -4.76. The van der Waals surface area contributed by atoms with Gasteiger partial charge in [-0.15, -0.1) is 0 Å². The van der Waals surface area contributed by atoms with Gasteiger partial charge < -0.3 is 9.64 Å². The quantitative estimate of drug-likeness (QED) is 0.914. The first-order valence-corrected chi connectivity index (χ1v) is 6.32. The summed E-state index contributed by atoms with van der Waals surface area (Å²) in [5.74, 6) is 0.367. The van der Waals surface area contributed by atoms with E-state index >= 15 is 0 Å². The normalized spacial score (nSPS) is 14.1. The molecule has 116 valence electrons. The third-order valence-electron chi connectivity index (χ3n) is 3.48. The number of hydrogen-bond donors (Lipinski definition) is 1. The molecule has 0 aromatic carbocycles. The number of fused-ring (bicyclic) bond motifs is 1.